The zero-order valence-corrected chi connectivity index (χ0v) is 53.5. The van der Waals surface area contributed by atoms with E-state index in [1.807, 2.05) is 0 Å². The van der Waals surface area contributed by atoms with Gasteiger partial charge in [0.2, 0.25) is 0 Å². The lowest BCUT2D eigenvalue weighted by atomic mass is 9.30. The van der Waals surface area contributed by atoms with Crippen molar-refractivity contribution in [3.63, 3.8) is 0 Å². The zero-order chi connectivity index (χ0) is 64.4. The summed E-state index contributed by atoms with van der Waals surface area (Å²) >= 11 is 0. The molecule has 0 fully saturated rings. The predicted octanol–water partition coefficient (Wildman–Crippen LogP) is 19.8. The Morgan fingerprint density at radius 2 is 0.582 bits per heavy atom. The molecule has 0 radical (unpaired) electrons. The summed E-state index contributed by atoms with van der Waals surface area (Å²) in [6.07, 6.45) is 0. The highest BCUT2D eigenvalue weighted by molar-refractivity contribution is 7.03. The second-order valence-electron chi connectivity index (χ2n) is 25.9. The molecule has 8 heteroatoms. The molecule has 0 saturated heterocycles. The van der Waals surface area contributed by atoms with Gasteiger partial charge in [0.1, 0.15) is 0 Å². The summed E-state index contributed by atoms with van der Waals surface area (Å²) in [6, 6.07) is 135. The molecule has 0 N–H and O–H groups in total. The van der Waals surface area contributed by atoms with Crippen LogP contribution in [0.5, 0.6) is 0 Å². The van der Waals surface area contributed by atoms with Crippen LogP contribution >= 0.6 is 0 Å². The first-order valence-corrected chi connectivity index (χ1v) is 33.9. The second kappa shape index (κ2) is 22.4. The first-order valence-electron chi connectivity index (χ1n) is 33.9. The molecule has 0 unspecified atom stereocenters. The van der Waals surface area contributed by atoms with Crippen molar-refractivity contribution in [3.8, 4) is 27.9 Å². The summed E-state index contributed by atoms with van der Waals surface area (Å²) < 4.78 is 2.50. The van der Waals surface area contributed by atoms with Crippen LogP contribution in [0.2, 0.25) is 0 Å². The summed E-state index contributed by atoms with van der Waals surface area (Å²) in [4.78, 5) is 12.8. The molecule has 0 bridgehead atoms. The van der Waals surface area contributed by atoms with Gasteiger partial charge >= 0.3 is 0 Å². The van der Waals surface area contributed by atoms with Gasteiger partial charge in [-0.05, 0) is 159 Å². The number of aromatic nitrogens is 1. The Morgan fingerprint density at radius 1 is 0.224 bits per heavy atom. The molecule has 15 aromatic carbocycles. The quantitative estimate of drug-likeness (QED) is 0.127. The van der Waals surface area contributed by atoms with Gasteiger partial charge in [0.05, 0.1) is 28.1 Å². The van der Waals surface area contributed by atoms with Crippen LogP contribution in [-0.2, 0) is 0 Å². The van der Waals surface area contributed by atoms with E-state index in [1.165, 1.54) is 43.5 Å². The highest BCUT2D eigenvalue weighted by Crippen LogP contribution is 2.54. The van der Waals surface area contributed by atoms with Gasteiger partial charge in [-0.3, -0.25) is 0 Å². The fraction of sp³-hybridized carbons (Fsp3) is 0. The molecule has 16 aromatic rings. The number of anilines is 15. The van der Waals surface area contributed by atoms with Crippen molar-refractivity contribution >= 4 is 153 Å². The van der Waals surface area contributed by atoms with Crippen molar-refractivity contribution in [2.45, 2.75) is 0 Å². The van der Waals surface area contributed by atoms with Crippen LogP contribution in [0.4, 0.5) is 85.3 Å². The van der Waals surface area contributed by atoms with Crippen LogP contribution in [0, 0.1) is 0 Å². The number of fused-ring (bicyclic) bond motifs is 11. The fourth-order valence-electron chi connectivity index (χ4n) is 16.7. The molecule has 0 amide bonds. The molecule has 20 rings (SSSR count). The third-order valence-corrected chi connectivity index (χ3v) is 20.6. The van der Waals surface area contributed by atoms with E-state index in [-0.39, 0.29) is 13.4 Å². The minimum Gasteiger partial charge on any atom is -0.311 e. The third-order valence-electron chi connectivity index (χ3n) is 20.6. The number of rotatable bonds is 10. The van der Waals surface area contributed by atoms with Crippen molar-refractivity contribution in [2.75, 3.05) is 24.5 Å². The van der Waals surface area contributed by atoms with E-state index in [0.717, 1.165) is 124 Å². The lowest BCUT2D eigenvalue weighted by Crippen LogP contribution is -2.65. The fourth-order valence-corrected chi connectivity index (χ4v) is 16.7. The molecule has 5 heterocycles. The van der Waals surface area contributed by atoms with E-state index in [1.54, 1.807) is 0 Å². The molecule has 4 aliphatic heterocycles. The number of benzene rings is 15. The number of hydrogen-bond acceptors (Lipinski definition) is 5. The summed E-state index contributed by atoms with van der Waals surface area (Å²) in [5, 5.41) is 2.44. The van der Waals surface area contributed by atoms with Crippen molar-refractivity contribution in [1.29, 1.82) is 0 Å². The molecule has 1 aromatic heterocycles. The van der Waals surface area contributed by atoms with Crippen molar-refractivity contribution in [3.05, 3.63) is 364 Å². The average Bonchev–Trinajstić information content (AvgIpc) is 0.732. The van der Waals surface area contributed by atoms with Crippen LogP contribution < -0.4 is 57.3 Å². The van der Waals surface area contributed by atoms with E-state index < -0.39 is 0 Å². The van der Waals surface area contributed by atoms with E-state index in [4.69, 9.17) is 0 Å². The third kappa shape index (κ3) is 8.51. The largest absolute Gasteiger partial charge is 0.311 e. The van der Waals surface area contributed by atoms with Crippen molar-refractivity contribution in [2.24, 2.45) is 0 Å². The molecule has 0 atom stereocenters. The maximum atomic E-state index is 2.69. The Kier molecular flexibility index (Phi) is 12.7. The van der Waals surface area contributed by atoms with Crippen LogP contribution in [0.1, 0.15) is 0 Å². The lowest BCUT2D eigenvalue weighted by molar-refractivity contribution is 1.16. The maximum absolute atomic E-state index is 2.69. The first kappa shape index (κ1) is 55.7. The van der Waals surface area contributed by atoms with Crippen LogP contribution in [0.25, 0.3) is 49.7 Å². The Labute approximate surface area is 570 Å². The molecule has 4 aliphatic rings. The van der Waals surface area contributed by atoms with Gasteiger partial charge in [-0.2, -0.15) is 0 Å². The first-order chi connectivity index (χ1) is 48.7. The normalized spacial score (nSPS) is 13.0. The monoisotopic (exact) mass is 1250 g/mol. The van der Waals surface area contributed by atoms with Gasteiger partial charge in [-0.15, -0.1) is 0 Å². The molecule has 6 nitrogen and oxygen atoms in total. The smallest absolute Gasteiger partial charge is 0.252 e. The van der Waals surface area contributed by atoms with Gasteiger partial charge < -0.3 is 29.1 Å². The van der Waals surface area contributed by atoms with Gasteiger partial charge in [0.25, 0.3) is 13.4 Å². The van der Waals surface area contributed by atoms with Gasteiger partial charge in [-0.1, -0.05) is 249 Å². The second-order valence-corrected chi connectivity index (χ2v) is 25.9. The van der Waals surface area contributed by atoms with Crippen LogP contribution in [-0.4, -0.2) is 18.0 Å². The summed E-state index contributed by atoms with van der Waals surface area (Å²) in [6.45, 7) is -0.419. The zero-order valence-electron chi connectivity index (χ0n) is 53.5. The molecular weight excluding hydrogens is 1190 g/mol. The molecule has 98 heavy (non-hydrogen) atoms. The maximum Gasteiger partial charge on any atom is 0.252 e. The van der Waals surface area contributed by atoms with E-state index in [0.29, 0.717) is 0 Å². The van der Waals surface area contributed by atoms with Crippen molar-refractivity contribution < 1.29 is 0 Å². The van der Waals surface area contributed by atoms with Gasteiger partial charge in [0.15, 0.2) is 0 Å². The molecule has 0 aliphatic carbocycles. The van der Waals surface area contributed by atoms with Crippen LogP contribution in [0.3, 0.4) is 0 Å². The van der Waals surface area contributed by atoms with E-state index in [9.17, 15) is 0 Å². The highest BCUT2D eigenvalue weighted by Gasteiger charge is 2.49. The highest BCUT2D eigenvalue weighted by atomic mass is 15.2. The molecular formula is C90H60B2N6. The Hall–Kier alpha value is -12.8. The van der Waals surface area contributed by atoms with E-state index >= 15 is 0 Å². The number of para-hydroxylation sites is 10. The Bertz CT molecular complexity index is 5640. The Morgan fingerprint density at radius 3 is 1.04 bits per heavy atom. The van der Waals surface area contributed by atoms with Gasteiger partial charge in [-0.25, -0.2) is 0 Å². The standard InChI is InChI=1S/C90H60B2N6/c1-8-31-61(32-9-1)70-47-30-48-71(62-33-10-2-11-34-62)90(70)98-83-60-82-76(59-77(83)92-75-50-25-29-54-81(75)94(65-39-16-5-17-40-65)84-55-68(56-87(98)89(84)92)93(63-35-12-3-13-36-63)64-37-14-4-15-38-64)91-74-49-24-28-53-80(74)95(66-41-18-6-19-42-66)85-57-69(58-86(88(85)91)96(82)67-43-20-7-21-44-67)97-78-51-26-22-45-72(78)73-46-23-27-52-79(73)97/h1-60H. The minimum atomic E-state index is -0.226. The average molecular weight is 1250 g/mol. The number of nitrogens with zero attached hydrogens (tertiary/aromatic N) is 6. The molecule has 0 spiro atoms. The lowest BCUT2D eigenvalue weighted by Gasteiger charge is -2.48. The molecule has 0 saturated carbocycles. The summed E-state index contributed by atoms with van der Waals surface area (Å²) in [5.41, 5.74) is 31.9. The van der Waals surface area contributed by atoms with Crippen molar-refractivity contribution in [1.82, 2.24) is 4.57 Å². The predicted molar refractivity (Wildman–Crippen MR) is 414 cm³/mol. The van der Waals surface area contributed by atoms with Gasteiger partial charge in [0, 0.05) is 95.8 Å². The Balaban J connectivity index is 0.957. The topological polar surface area (TPSA) is 21.1 Å². The summed E-state index contributed by atoms with van der Waals surface area (Å²) in [5.74, 6) is 0. The summed E-state index contributed by atoms with van der Waals surface area (Å²) in [7, 11) is 0. The van der Waals surface area contributed by atoms with E-state index in [2.05, 4.69) is 393 Å². The van der Waals surface area contributed by atoms with Crippen LogP contribution in [0.15, 0.2) is 364 Å². The molecule has 456 valence electrons. The SMILES string of the molecule is c1ccc(-c2cccc(-c3ccccc3)c2N2c3cc4c(cc3B3c5ccccc5N(c5ccccc5)c5cc(N(c6ccccc6)c6ccccc6)cc2c53)B2c3ccccc3N(c3ccccc3)c3cc(-n5c6ccccc6c6ccccc65)cc(c32)N4c2ccccc2)cc1. The minimum absolute atomic E-state index is 0.193. The number of hydrogen-bond donors (Lipinski definition) is 0.